The first-order valence-electron chi connectivity index (χ1n) is 12.6. The first kappa shape index (κ1) is 24.7. The largest absolute Gasteiger partial charge is 0.497 e. The van der Waals surface area contributed by atoms with E-state index in [0.717, 1.165) is 78.2 Å². The van der Waals surface area contributed by atoms with Crippen LogP contribution in [0.15, 0.2) is 48.8 Å². The summed E-state index contributed by atoms with van der Waals surface area (Å²) in [5, 5.41) is 9.06. The Morgan fingerprint density at radius 3 is 2.76 bits per heavy atom. The zero-order valence-electron chi connectivity index (χ0n) is 21.6. The smallest absolute Gasteiger partial charge is 0.230 e. The number of rotatable bonds is 8. The van der Waals surface area contributed by atoms with Gasteiger partial charge in [0.05, 0.1) is 12.6 Å². The normalized spacial score (nSPS) is 14.3. The second-order valence-corrected chi connectivity index (χ2v) is 9.56. The van der Waals surface area contributed by atoms with E-state index in [9.17, 15) is 4.79 Å². The van der Waals surface area contributed by atoms with E-state index in [4.69, 9.17) is 10.5 Å². The topological polar surface area (TPSA) is 111 Å². The van der Waals surface area contributed by atoms with Gasteiger partial charge in [-0.2, -0.15) is 5.10 Å². The lowest BCUT2D eigenvalue weighted by molar-refractivity contribution is 0.102. The number of fused-ring (bicyclic) bond motifs is 1. The number of nitrogens with zero attached hydrogens (tertiary/aromatic N) is 5. The summed E-state index contributed by atoms with van der Waals surface area (Å²) in [4.78, 5) is 24.4. The molecule has 4 aromatic rings. The minimum atomic E-state index is -0.146. The summed E-state index contributed by atoms with van der Waals surface area (Å²) < 4.78 is 6.97. The highest BCUT2D eigenvalue weighted by Gasteiger charge is 2.24. The van der Waals surface area contributed by atoms with Gasteiger partial charge in [0, 0.05) is 43.3 Å². The molecule has 1 saturated heterocycles. The number of piperidine rings is 1. The molecular formula is C28H33N7O2. The van der Waals surface area contributed by atoms with E-state index in [1.807, 2.05) is 43.3 Å². The van der Waals surface area contributed by atoms with Crippen LogP contribution in [0.5, 0.6) is 5.75 Å². The van der Waals surface area contributed by atoms with Crippen molar-refractivity contribution in [3.8, 4) is 5.75 Å². The van der Waals surface area contributed by atoms with Crippen molar-refractivity contribution in [2.45, 2.75) is 32.2 Å². The van der Waals surface area contributed by atoms with E-state index in [1.54, 1.807) is 24.9 Å². The van der Waals surface area contributed by atoms with Gasteiger partial charge in [-0.05, 0) is 62.1 Å². The summed E-state index contributed by atoms with van der Waals surface area (Å²) in [7, 11) is 3.47. The van der Waals surface area contributed by atoms with Crippen LogP contribution in [0.25, 0.3) is 10.9 Å². The molecule has 0 bridgehead atoms. The van der Waals surface area contributed by atoms with Gasteiger partial charge in [0.15, 0.2) is 0 Å². The fraction of sp³-hybridized carbons (Fsp3) is 0.357. The molecule has 2 aromatic carbocycles. The molecule has 9 heteroatoms. The second-order valence-electron chi connectivity index (χ2n) is 9.56. The van der Waals surface area contributed by atoms with Crippen molar-refractivity contribution in [2.24, 2.45) is 7.05 Å². The number of anilines is 2. The molecule has 9 nitrogen and oxygen atoms in total. The average molecular weight is 500 g/mol. The Bertz CT molecular complexity index is 1420. The summed E-state index contributed by atoms with van der Waals surface area (Å²) in [6, 6.07) is 13.9. The predicted octanol–water partition coefficient (Wildman–Crippen LogP) is 3.29. The van der Waals surface area contributed by atoms with Crippen LogP contribution >= 0.6 is 0 Å². The summed E-state index contributed by atoms with van der Waals surface area (Å²) in [6.45, 7) is 4.57. The Morgan fingerprint density at radius 1 is 1.16 bits per heavy atom. The van der Waals surface area contributed by atoms with Crippen molar-refractivity contribution in [3.05, 3.63) is 71.3 Å². The minimum Gasteiger partial charge on any atom is -0.497 e. The number of aryl methyl sites for hydroxylation is 2. The van der Waals surface area contributed by atoms with Gasteiger partial charge in [-0.1, -0.05) is 18.2 Å². The van der Waals surface area contributed by atoms with Crippen LogP contribution in [0.3, 0.4) is 0 Å². The van der Waals surface area contributed by atoms with E-state index in [2.05, 4.69) is 25.3 Å². The van der Waals surface area contributed by atoms with E-state index in [-0.39, 0.29) is 5.78 Å². The maximum atomic E-state index is 13.4. The van der Waals surface area contributed by atoms with Gasteiger partial charge in [0.2, 0.25) is 5.78 Å². The molecule has 1 aliphatic rings. The molecule has 3 N–H and O–H groups in total. The van der Waals surface area contributed by atoms with Crippen LogP contribution in [-0.2, 0) is 13.5 Å². The van der Waals surface area contributed by atoms with Gasteiger partial charge in [0.25, 0.3) is 0 Å². The number of aromatic nitrogens is 4. The quantitative estimate of drug-likeness (QED) is 0.281. The van der Waals surface area contributed by atoms with E-state index >= 15 is 0 Å². The van der Waals surface area contributed by atoms with Crippen molar-refractivity contribution in [3.63, 3.8) is 0 Å². The zero-order chi connectivity index (χ0) is 25.9. The lowest BCUT2D eigenvalue weighted by Gasteiger charge is -2.33. The Hall–Kier alpha value is -3.98. The Kier molecular flexibility index (Phi) is 7.05. The summed E-state index contributed by atoms with van der Waals surface area (Å²) in [6.07, 6.45) is 4.32. The van der Waals surface area contributed by atoms with E-state index in [1.165, 1.54) is 6.33 Å². The number of ketones is 1. The van der Waals surface area contributed by atoms with Gasteiger partial charge >= 0.3 is 0 Å². The highest BCUT2D eigenvalue weighted by Crippen LogP contribution is 2.25. The number of hydrogen-bond acceptors (Lipinski definition) is 8. The van der Waals surface area contributed by atoms with E-state index in [0.29, 0.717) is 17.4 Å². The second kappa shape index (κ2) is 10.6. The molecule has 0 radical (unpaired) electrons. The van der Waals surface area contributed by atoms with Gasteiger partial charge < -0.3 is 20.7 Å². The molecule has 0 spiro atoms. The number of carbonyl (C=O) groups is 1. The molecule has 0 saturated carbocycles. The van der Waals surface area contributed by atoms with Gasteiger partial charge in [-0.15, -0.1) is 0 Å². The maximum Gasteiger partial charge on any atom is 0.230 e. The van der Waals surface area contributed by atoms with Crippen molar-refractivity contribution in [2.75, 3.05) is 37.4 Å². The molecule has 2 aromatic heterocycles. The minimum absolute atomic E-state index is 0.146. The zero-order valence-corrected chi connectivity index (χ0v) is 21.6. The molecule has 1 aliphatic heterocycles. The summed E-state index contributed by atoms with van der Waals surface area (Å²) in [5.74, 6) is 1.46. The average Bonchev–Trinajstić information content (AvgIpc) is 3.27. The fourth-order valence-electron chi connectivity index (χ4n) is 5.04. The molecule has 1 fully saturated rings. The number of carbonyl (C=O) groups excluding carboxylic acids is 1. The third-order valence-electron chi connectivity index (χ3n) is 7.16. The number of methoxy groups -OCH3 is 1. The Labute approximate surface area is 216 Å². The lowest BCUT2D eigenvalue weighted by Crippen LogP contribution is -2.43. The molecule has 0 aliphatic carbocycles. The number of benzene rings is 2. The summed E-state index contributed by atoms with van der Waals surface area (Å²) >= 11 is 0. The van der Waals surface area contributed by atoms with Crippen LogP contribution in [0.1, 0.15) is 40.2 Å². The van der Waals surface area contributed by atoms with Crippen molar-refractivity contribution in [1.82, 2.24) is 25.1 Å². The number of nitrogen functional groups attached to an aromatic ring is 1. The van der Waals surface area contributed by atoms with Crippen LogP contribution in [0.4, 0.5) is 11.5 Å². The number of ether oxygens (including phenoxy) is 1. The summed E-state index contributed by atoms with van der Waals surface area (Å²) in [5.41, 5.74) is 10.8. The molecule has 192 valence electrons. The first-order chi connectivity index (χ1) is 17.9. The lowest BCUT2D eigenvalue weighted by atomic mass is 10.0. The molecule has 37 heavy (non-hydrogen) atoms. The van der Waals surface area contributed by atoms with Crippen molar-refractivity contribution < 1.29 is 9.53 Å². The van der Waals surface area contributed by atoms with E-state index < -0.39 is 0 Å². The number of nitrogens with one attached hydrogen (secondary N) is 1. The van der Waals surface area contributed by atoms with Crippen LogP contribution < -0.4 is 20.7 Å². The Morgan fingerprint density at radius 2 is 1.97 bits per heavy atom. The maximum absolute atomic E-state index is 13.4. The molecule has 5 rings (SSSR count). The predicted molar refractivity (Wildman–Crippen MR) is 145 cm³/mol. The van der Waals surface area contributed by atoms with Gasteiger partial charge in [-0.3, -0.25) is 9.48 Å². The molecule has 0 unspecified atom stereocenters. The molecule has 0 atom stereocenters. The molecule has 0 amide bonds. The molecular weight excluding hydrogens is 466 g/mol. The van der Waals surface area contributed by atoms with Crippen molar-refractivity contribution >= 4 is 28.2 Å². The van der Waals surface area contributed by atoms with Gasteiger partial charge in [0.1, 0.15) is 29.3 Å². The van der Waals surface area contributed by atoms with Crippen LogP contribution in [0, 0.1) is 6.92 Å². The Balaban J connectivity index is 1.20. The fourth-order valence-corrected chi connectivity index (χ4v) is 5.04. The number of nitrogens with two attached hydrogens (primary N) is 1. The standard InChI is InChI=1S/C28H33N7O2/c1-18-5-4-6-22-26(18)33-34(2)27(22)28(36)24-16-25(32-17-31-24)35-13-10-20(11-14-35)30-12-9-19-15-21(37-3)7-8-23(19)29/h4-8,15-17,20,30H,9-14,29H2,1-3H3. The highest BCUT2D eigenvalue weighted by molar-refractivity contribution is 6.14. The molecule has 3 heterocycles. The monoisotopic (exact) mass is 499 g/mol. The van der Waals surface area contributed by atoms with Crippen molar-refractivity contribution in [1.29, 1.82) is 0 Å². The van der Waals surface area contributed by atoms with Gasteiger partial charge in [-0.25, -0.2) is 9.97 Å². The number of hydrogen-bond donors (Lipinski definition) is 2. The van der Waals surface area contributed by atoms with Crippen LogP contribution in [-0.4, -0.2) is 58.3 Å². The third kappa shape index (κ3) is 5.13. The highest BCUT2D eigenvalue weighted by atomic mass is 16.5. The first-order valence-corrected chi connectivity index (χ1v) is 12.6. The third-order valence-corrected chi connectivity index (χ3v) is 7.16. The SMILES string of the molecule is COc1ccc(N)c(CCNC2CCN(c3cc(C(=O)c4c5cccc(C)c5nn4C)ncn3)CC2)c1. The van der Waals surface area contributed by atoms with Crippen LogP contribution in [0.2, 0.25) is 0 Å².